The lowest BCUT2D eigenvalue weighted by atomic mass is 10.1. The van der Waals surface area contributed by atoms with Gasteiger partial charge in [0.1, 0.15) is 10.1 Å². The van der Waals surface area contributed by atoms with E-state index in [1.54, 1.807) is 36.7 Å². The van der Waals surface area contributed by atoms with Crippen molar-refractivity contribution >= 4 is 35.1 Å². The van der Waals surface area contributed by atoms with Crippen molar-refractivity contribution in [2.45, 2.75) is 10.1 Å². The van der Waals surface area contributed by atoms with Gasteiger partial charge < -0.3 is 0 Å². The second-order valence-electron chi connectivity index (χ2n) is 5.41. The van der Waals surface area contributed by atoms with Gasteiger partial charge in [0.25, 0.3) is 0 Å². The molecular formula is C20H12N2O2S2. The first kappa shape index (κ1) is 16.8. The van der Waals surface area contributed by atoms with Gasteiger partial charge in [0.05, 0.1) is 9.81 Å². The highest BCUT2D eigenvalue weighted by Gasteiger charge is 2.36. The number of rotatable bonds is 4. The van der Waals surface area contributed by atoms with Gasteiger partial charge in [-0.2, -0.15) is 0 Å². The van der Waals surface area contributed by atoms with E-state index in [2.05, 4.69) is 9.97 Å². The van der Waals surface area contributed by atoms with Crippen LogP contribution in [-0.4, -0.2) is 21.5 Å². The Hall–Kier alpha value is -2.70. The van der Waals surface area contributed by atoms with Crippen LogP contribution in [-0.2, 0) is 0 Å². The predicted octanol–water partition coefficient (Wildman–Crippen LogP) is 4.65. The Morgan fingerprint density at radius 1 is 0.654 bits per heavy atom. The summed E-state index contributed by atoms with van der Waals surface area (Å²) in [6.45, 7) is 0. The van der Waals surface area contributed by atoms with E-state index < -0.39 is 0 Å². The smallest absolute Gasteiger partial charge is 0.199 e. The van der Waals surface area contributed by atoms with E-state index in [0.717, 1.165) is 10.1 Å². The minimum atomic E-state index is -0.243. The number of pyridine rings is 2. The maximum atomic E-state index is 12.9. The molecule has 0 radical (unpaired) electrons. The first-order chi connectivity index (χ1) is 12.7. The van der Waals surface area contributed by atoms with Gasteiger partial charge in [-0.3, -0.25) is 9.59 Å². The minimum absolute atomic E-state index is 0.192. The summed E-state index contributed by atoms with van der Waals surface area (Å²) in [5.74, 6) is -0.486. The molecule has 0 bridgehead atoms. The second-order valence-corrected chi connectivity index (χ2v) is 7.73. The van der Waals surface area contributed by atoms with Crippen molar-refractivity contribution in [2.24, 2.45) is 0 Å². The number of nitrogens with zero attached hydrogens (tertiary/aromatic N) is 2. The molecule has 0 N–H and O–H groups in total. The summed E-state index contributed by atoms with van der Waals surface area (Å²) in [6.07, 6.45) is 3.37. The van der Waals surface area contributed by atoms with Gasteiger partial charge in [0.2, 0.25) is 0 Å². The van der Waals surface area contributed by atoms with Crippen molar-refractivity contribution in [3.8, 4) is 0 Å². The highest BCUT2D eigenvalue weighted by Crippen LogP contribution is 2.43. The van der Waals surface area contributed by atoms with Crippen LogP contribution >= 0.6 is 23.5 Å². The molecule has 0 unspecified atom stereocenters. The van der Waals surface area contributed by atoms with Crippen LogP contribution in [0.25, 0.3) is 0 Å². The molecule has 0 fully saturated rings. The minimum Gasteiger partial charge on any atom is -0.288 e. The third-order valence-corrected chi connectivity index (χ3v) is 5.92. The van der Waals surface area contributed by atoms with Crippen molar-refractivity contribution < 1.29 is 9.59 Å². The highest BCUT2D eigenvalue weighted by molar-refractivity contribution is 8.22. The number of hydrogen-bond donors (Lipinski definition) is 0. The molecule has 4 rings (SSSR count). The maximum Gasteiger partial charge on any atom is 0.199 e. The number of fused-ring (bicyclic) bond motifs is 1. The Balaban J connectivity index is 1.81. The lowest BCUT2D eigenvalue weighted by Crippen LogP contribution is -2.03. The molecule has 1 aromatic carbocycles. The van der Waals surface area contributed by atoms with Crippen molar-refractivity contribution in [3.63, 3.8) is 0 Å². The molecule has 0 aliphatic heterocycles. The molecular weight excluding hydrogens is 364 g/mol. The Morgan fingerprint density at radius 2 is 1.12 bits per heavy atom. The van der Waals surface area contributed by atoms with Crippen molar-refractivity contribution in [3.05, 3.63) is 94.0 Å². The third kappa shape index (κ3) is 3.21. The van der Waals surface area contributed by atoms with E-state index in [9.17, 15) is 9.59 Å². The number of allylic oxidation sites excluding steroid dienone is 1. The largest absolute Gasteiger partial charge is 0.288 e. The molecule has 1 aliphatic rings. The lowest BCUT2D eigenvalue weighted by molar-refractivity contribution is 0.0989. The van der Waals surface area contributed by atoms with Crippen LogP contribution in [0.15, 0.2) is 92.9 Å². The quantitative estimate of drug-likeness (QED) is 0.375. The van der Waals surface area contributed by atoms with Crippen molar-refractivity contribution in [2.75, 3.05) is 0 Å². The molecule has 26 heavy (non-hydrogen) atoms. The first-order valence-electron chi connectivity index (χ1n) is 7.84. The zero-order chi connectivity index (χ0) is 17.9. The lowest BCUT2D eigenvalue weighted by Gasteiger charge is -2.08. The molecule has 4 nitrogen and oxygen atoms in total. The highest BCUT2D eigenvalue weighted by atomic mass is 32.2. The Labute approximate surface area is 158 Å². The van der Waals surface area contributed by atoms with Crippen LogP contribution in [0.4, 0.5) is 0 Å². The van der Waals surface area contributed by atoms with Gasteiger partial charge in [0.15, 0.2) is 11.6 Å². The van der Waals surface area contributed by atoms with Gasteiger partial charge in [-0.15, -0.1) is 0 Å². The fourth-order valence-electron chi connectivity index (χ4n) is 2.56. The number of Topliss-reactive ketones (excluding diaryl/α,β-unsaturated/α-hetero) is 2. The number of ketones is 2. The molecule has 0 spiro atoms. The molecule has 2 heterocycles. The molecule has 3 aromatic rings. The molecule has 0 saturated carbocycles. The molecule has 6 heteroatoms. The van der Waals surface area contributed by atoms with E-state index in [-0.39, 0.29) is 17.1 Å². The van der Waals surface area contributed by atoms with Crippen molar-refractivity contribution in [1.29, 1.82) is 0 Å². The summed E-state index contributed by atoms with van der Waals surface area (Å²) in [6, 6.07) is 18.0. The van der Waals surface area contributed by atoms with Gasteiger partial charge in [0, 0.05) is 23.5 Å². The molecule has 0 atom stereocenters. The predicted molar refractivity (Wildman–Crippen MR) is 102 cm³/mol. The Kier molecular flexibility index (Phi) is 4.69. The Bertz CT molecular complexity index is 938. The van der Waals surface area contributed by atoms with Gasteiger partial charge in [-0.1, -0.05) is 59.9 Å². The zero-order valence-electron chi connectivity index (χ0n) is 13.5. The molecule has 0 amide bonds. The van der Waals surface area contributed by atoms with E-state index in [4.69, 9.17) is 0 Å². The fourth-order valence-corrected chi connectivity index (χ4v) is 4.72. The topological polar surface area (TPSA) is 59.9 Å². The van der Waals surface area contributed by atoms with Crippen LogP contribution < -0.4 is 0 Å². The second kappa shape index (κ2) is 7.27. The Morgan fingerprint density at radius 3 is 1.54 bits per heavy atom. The zero-order valence-corrected chi connectivity index (χ0v) is 15.1. The van der Waals surface area contributed by atoms with Gasteiger partial charge >= 0.3 is 0 Å². The van der Waals surface area contributed by atoms with E-state index in [1.807, 2.05) is 36.4 Å². The van der Waals surface area contributed by atoms with Crippen LogP contribution in [0.2, 0.25) is 0 Å². The number of carbonyl (C=O) groups is 2. The van der Waals surface area contributed by atoms with Crippen LogP contribution in [0.5, 0.6) is 0 Å². The normalized spacial score (nSPS) is 13.0. The van der Waals surface area contributed by atoms with Crippen LogP contribution in [0.1, 0.15) is 20.7 Å². The van der Waals surface area contributed by atoms with Crippen LogP contribution in [0.3, 0.4) is 0 Å². The van der Waals surface area contributed by atoms with Gasteiger partial charge in [-0.05, 0) is 24.3 Å². The van der Waals surface area contributed by atoms with E-state index >= 15 is 0 Å². The molecule has 126 valence electrons. The monoisotopic (exact) mass is 376 g/mol. The number of benzene rings is 1. The summed E-state index contributed by atoms with van der Waals surface area (Å²) in [4.78, 5) is 34.4. The third-order valence-electron chi connectivity index (χ3n) is 3.74. The summed E-state index contributed by atoms with van der Waals surface area (Å²) >= 11 is 2.62. The van der Waals surface area contributed by atoms with Gasteiger partial charge in [-0.25, -0.2) is 9.97 Å². The summed E-state index contributed by atoms with van der Waals surface area (Å²) in [7, 11) is 0. The SMILES string of the molecule is O=C1C(=C(Sc2ccccn2)Sc2ccccn2)C(=O)c2ccccc21. The molecule has 0 saturated heterocycles. The average molecular weight is 376 g/mol. The first-order valence-corrected chi connectivity index (χ1v) is 9.48. The van der Waals surface area contributed by atoms with E-state index in [1.165, 1.54) is 23.5 Å². The van der Waals surface area contributed by atoms with Crippen LogP contribution in [0, 0.1) is 0 Å². The molecule has 2 aromatic heterocycles. The number of aromatic nitrogens is 2. The molecule has 1 aliphatic carbocycles. The summed E-state index contributed by atoms with van der Waals surface area (Å²) in [5.41, 5.74) is 1.10. The average Bonchev–Trinajstić information content (AvgIpc) is 2.94. The number of hydrogen-bond acceptors (Lipinski definition) is 6. The fraction of sp³-hybridized carbons (Fsp3) is 0. The summed E-state index contributed by atoms with van der Waals surface area (Å²) in [5, 5.41) is 1.44. The number of thioether (sulfide) groups is 2. The summed E-state index contributed by atoms with van der Waals surface area (Å²) < 4.78 is 0.591. The maximum absolute atomic E-state index is 12.9. The van der Waals surface area contributed by atoms with E-state index in [0.29, 0.717) is 15.4 Å². The van der Waals surface area contributed by atoms with Crippen molar-refractivity contribution in [1.82, 2.24) is 9.97 Å². The number of carbonyl (C=O) groups excluding carboxylic acids is 2. The standard InChI is InChI=1S/C20H12N2O2S2/c23-18-13-7-1-2-8-14(13)19(24)17(18)20(25-15-9-3-5-11-21-15)26-16-10-4-6-12-22-16/h1-12H.